The van der Waals surface area contributed by atoms with Crippen LogP contribution in [0.15, 0.2) is 54.9 Å². The fourth-order valence-electron chi connectivity index (χ4n) is 7.82. The van der Waals surface area contributed by atoms with Gasteiger partial charge < -0.3 is 29.1 Å². The van der Waals surface area contributed by atoms with E-state index in [1.54, 1.807) is 38.2 Å². The number of hydrogen-bond donors (Lipinski definition) is 4. The molecule has 1 saturated heterocycles. The van der Waals surface area contributed by atoms with Crippen molar-refractivity contribution in [3.8, 4) is 22.9 Å². The average molecular weight is 874 g/mol. The van der Waals surface area contributed by atoms with Gasteiger partial charge in [-0.2, -0.15) is 15.3 Å². The van der Waals surface area contributed by atoms with Crippen LogP contribution < -0.4 is 25.8 Å². The molecule has 21 heteroatoms. The first kappa shape index (κ1) is 43.3. The monoisotopic (exact) mass is 873 g/mol. The molecular weight excluding hydrogens is 823 g/mol. The minimum Gasteiger partial charge on any atom is -0.494 e. The molecule has 7 aromatic rings. The van der Waals surface area contributed by atoms with Crippen LogP contribution >= 0.6 is 0 Å². The normalized spacial score (nSPS) is 13.3. The Labute approximate surface area is 367 Å². The number of nitrogens with two attached hydrogens (primary N) is 1. The Morgan fingerprint density at radius 3 is 1.97 bits per heavy atom. The van der Waals surface area contributed by atoms with Crippen LogP contribution in [0.4, 0.5) is 11.9 Å². The van der Waals surface area contributed by atoms with Gasteiger partial charge in [-0.25, -0.2) is 15.0 Å². The van der Waals surface area contributed by atoms with Crippen LogP contribution in [-0.4, -0.2) is 123 Å². The summed E-state index contributed by atoms with van der Waals surface area (Å²) in [6, 6.07) is 10.3. The number of nitrogens with zero attached hydrogens (tertiary/aromatic N) is 11. The summed E-state index contributed by atoms with van der Waals surface area (Å²) in [5.74, 6) is 0.469. The minimum absolute atomic E-state index is 0.200. The van der Waals surface area contributed by atoms with Gasteiger partial charge in [0.2, 0.25) is 17.8 Å². The maximum absolute atomic E-state index is 13.9. The number of methoxy groups -OCH3 is 1. The number of aromatic nitrogens is 11. The molecule has 6 heterocycles. The number of carbonyl (C=O) groups excluding carboxylic acids is 3. The maximum atomic E-state index is 13.9. The number of ether oxygens (including phenoxy) is 3. The summed E-state index contributed by atoms with van der Waals surface area (Å²) in [7, 11) is 1.48. The van der Waals surface area contributed by atoms with Gasteiger partial charge in [-0.1, -0.05) is 12.2 Å². The molecule has 8 rings (SSSR count). The van der Waals surface area contributed by atoms with Crippen molar-refractivity contribution in [3.63, 3.8) is 0 Å². The van der Waals surface area contributed by atoms with Crippen LogP contribution in [0.5, 0.6) is 11.5 Å². The number of anilines is 2. The van der Waals surface area contributed by atoms with Crippen molar-refractivity contribution in [1.82, 2.24) is 58.7 Å². The van der Waals surface area contributed by atoms with E-state index in [4.69, 9.17) is 29.9 Å². The number of carbonyl (C=O) groups is 3. The smallest absolute Gasteiger partial charge is 0.276 e. The molecule has 0 radical (unpaired) electrons. The summed E-state index contributed by atoms with van der Waals surface area (Å²) < 4.78 is 24.7. The number of rotatable bonds is 18. The van der Waals surface area contributed by atoms with E-state index in [-0.39, 0.29) is 36.5 Å². The van der Waals surface area contributed by atoms with Gasteiger partial charge in [0.25, 0.3) is 11.8 Å². The first-order valence-corrected chi connectivity index (χ1v) is 21.1. The second-order valence-corrected chi connectivity index (χ2v) is 15.2. The predicted molar refractivity (Wildman–Crippen MR) is 238 cm³/mol. The highest BCUT2D eigenvalue weighted by Gasteiger charge is 2.24. The van der Waals surface area contributed by atoms with Crippen molar-refractivity contribution in [2.45, 2.75) is 60.3 Å². The Kier molecular flexibility index (Phi) is 12.8. The minimum atomic E-state index is -0.652. The highest BCUT2D eigenvalue weighted by Crippen LogP contribution is 2.35. The summed E-state index contributed by atoms with van der Waals surface area (Å²) >= 11 is 0. The summed E-state index contributed by atoms with van der Waals surface area (Å²) in [6.45, 7) is 13.3. The van der Waals surface area contributed by atoms with Gasteiger partial charge in [-0.05, 0) is 70.5 Å². The summed E-state index contributed by atoms with van der Waals surface area (Å²) in [5, 5.41) is 21.9. The van der Waals surface area contributed by atoms with Gasteiger partial charge >= 0.3 is 0 Å². The highest BCUT2D eigenvalue weighted by molar-refractivity contribution is 6.05. The molecule has 21 nitrogen and oxygen atoms in total. The topological polar surface area (TPSA) is 245 Å². The van der Waals surface area contributed by atoms with Gasteiger partial charge in [0.1, 0.15) is 40.2 Å². The van der Waals surface area contributed by atoms with Gasteiger partial charge in [0.15, 0.2) is 5.82 Å². The van der Waals surface area contributed by atoms with E-state index in [1.165, 1.54) is 13.4 Å². The molecule has 0 saturated carbocycles. The molecule has 5 N–H and O–H groups in total. The number of hydrogen-bond acceptors (Lipinski definition) is 13. The third-order valence-corrected chi connectivity index (χ3v) is 10.8. The molecule has 5 aromatic heterocycles. The molecule has 0 unspecified atom stereocenters. The van der Waals surface area contributed by atoms with Crippen molar-refractivity contribution in [3.05, 3.63) is 83.2 Å². The molecule has 1 aliphatic heterocycles. The van der Waals surface area contributed by atoms with E-state index in [1.807, 2.05) is 56.5 Å². The molecule has 0 aliphatic carbocycles. The zero-order valence-electron chi connectivity index (χ0n) is 36.4. The Morgan fingerprint density at radius 1 is 0.828 bits per heavy atom. The van der Waals surface area contributed by atoms with Crippen molar-refractivity contribution < 1.29 is 28.6 Å². The number of fused-ring (bicyclic) bond motifs is 2. The number of primary amides is 1. The number of allylic oxidation sites excluding steroid dienone is 2. The van der Waals surface area contributed by atoms with Gasteiger partial charge in [-0.15, -0.1) is 0 Å². The lowest BCUT2D eigenvalue weighted by atomic mass is 10.1. The van der Waals surface area contributed by atoms with Crippen molar-refractivity contribution in [2.24, 2.45) is 5.73 Å². The molecule has 64 heavy (non-hydrogen) atoms. The van der Waals surface area contributed by atoms with Crippen LogP contribution in [0.1, 0.15) is 63.0 Å². The lowest BCUT2D eigenvalue weighted by Crippen LogP contribution is -2.37. The van der Waals surface area contributed by atoms with E-state index in [0.717, 1.165) is 26.1 Å². The average Bonchev–Trinajstić information content (AvgIpc) is 4.14. The van der Waals surface area contributed by atoms with E-state index in [9.17, 15) is 14.4 Å². The van der Waals surface area contributed by atoms with Crippen molar-refractivity contribution >= 4 is 51.7 Å². The van der Waals surface area contributed by atoms with E-state index in [0.29, 0.717) is 101 Å². The number of morpholine rings is 1. The maximum Gasteiger partial charge on any atom is 0.276 e. The Balaban J connectivity index is 1.16. The number of aryl methyl sites for hydroxylation is 4. The van der Waals surface area contributed by atoms with E-state index in [2.05, 4.69) is 40.9 Å². The van der Waals surface area contributed by atoms with Crippen LogP contribution in [-0.2, 0) is 30.9 Å². The molecule has 1 aliphatic rings. The van der Waals surface area contributed by atoms with E-state index >= 15 is 0 Å². The standard InChI is InChI=1S/C43H51N15O6/c1-6-57-32(19-26(3)52-57)40(60)49-42-47-30-21-28(38(44)59)23-34(62-5)36(30)55(42)12-8-9-13-56-37-31(48-43(56)50-41(61)33-20-27(4)53-58(33)7-2)22-29(39-45-25-46-51-39)24-35(37)64-16-10-11-54-14-17-63-18-15-54/h8-9,19-25H,6-7,10-18H2,1-5H3,(H2,44,59)(H,45,46,51)(H,47,49,60)(H,48,50,61)/b9-8+. The van der Waals surface area contributed by atoms with Crippen molar-refractivity contribution in [1.29, 1.82) is 0 Å². The molecule has 2 aromatic carbocycles. The number of benzene rings is 2. The second-order valence-electron chi connectivity index (χ2n) is 15.2. The number of nitrogens with one attached hydrogen (secondary N) is 3. The number of amides is 3. The lowest BCUT2D eigenvalue weighted by molar-refractivity contribution is 0.0358. The Morgan fingerprint density at radius 2 is 1.42 bits per heavy atom. The predicted octanol–water partition coefficient (Wildman–Crippen LogP) is 4.19. The number of H-pyrrole nitrogens is 1. The first-order valence-electron chi connectivity index (χ1n) is 21.1. The summed E-state index contributed by atoms with van der Waals surface area (Å²) in [6.07, 6.45) is 6.02. The lowest BCUT2D eigenvalue weighted by Gasteiger charge is -2.26. The molecule has 0 atom stereocenters. The van der Waals surface area contributed by atoms with Crippen LogP contribution in [0.2, 0.25) is 0 Å². The summed E-state index contributed by atoms with van der Waals surface area (Å²) in [5.41, 5.74) is 10.9. The van der Waals surface area contributed by atoms with Gasteiger partial charge in [-0.3, -0.25) is 44.4 Å². The molecule has 3 amide bonds. The quantitative estimate of drug-likeness (QED) is 0.0699. The number of aromatic amines is 1. The van der Waals surface area contributed by atoms with Gasteiger partial charge in [0.05, 0.1) is 49.4 Å². The zero-order valence-corrected chi connectivity index (χ0v) is 36.4. The molecule has 334 valence electrons. The third kappa shape index (κ3) is 9.06. The molecule has 0 spiro atoms. The Bertz CT molecular complexity index is 2840. The Hall–Kier alpha value is -7.39. The molecular formula is C43H51N15O6. The highest BCUT2D eigenvalue weighted by atomic mass is 16.5. The molecule has 0 bridgehead atoms. The third-order valence-electron chi connectivity index (χ3n) is 10.8. The second kappa shape index (κ2) is 18.9. The largest absolute Gasteiger partial charge is 0.494 e. The van der Waals surface area contributed by atoms with Gasteiger partial charge in [0, 0.05) is 56.9 Å². The first-order chi connectivity index (χ1) is 31.0. The zero-order chi connectivity index (χ0) is 44.9. The fraction of sp³-hybridized carbons (Fsp3) is 0.372. The molecule has 1 fully saturated rings. The van der Waals surface area contributed by atoms with E-state index < -0.39 is 11.8 Å². The van der Waals surface area contributed by atoms with Crippen molar-refractivity contribution in [2.75, 3.05) is 57.2 Å². The van der Waals surface area contributed by atoms with Crippen LogP contribution in [0, 0.1) is 13.8 Å². The summed E-state index contributed by atoms with van der Waals surface area (Å²) in [4.78, 5) is 56.4. The SMILES string of the molecule is CCn1nc(C)cc1C(=O)Nc1nc2cc(C(N)=O)cc(OC)c2n1C/C=C/Cn1c(NC(=O)c2cc(C)nn2CC)nc2cc(-c3ncn[nH]3)cc(OCCCN3CCOCC3)c21. The number of imidazole rings is 2. The van der Waals surface area contributed by atoms with Crippen LogP contribution in [0.3, 0.4) is 0 Å². The fourth-order valence-corrected chi connectivity index (χ4v) is 7.82. The van der Waals surface area contributed by atoms with Crippen LogP contribution in [0.25, 0.3) is 33.5 Å².